The van der Waals surface area contributed by atoms with Crippen LogP contribution in [0.4, 0.5) is 4.39 Å². The summed E-state index contributed by atoms with van der Waals surface area (Å²) < 4.78 is 12.8. The third-order valence-electron chi connectivity index (χ3n) is 3.75. The molecule has 2 rings (SSSR count). The number of carbonyl (C=O) groups is 1. The molecular formula is C16H23FN2O. The highest BCUT2D eigenvalue weighted by atomic mass is 19.1. The molecule has 1 aromatic rings. The minimum atomic E-state index is -0.203. The molecule has 1 amide bonds. The van der Waals surface area contributed by atoms with Crippen molar-refractivity contribution in [2.24, 2.45) is 0 Å². The molecule has 0 radical (unpaired) electrons. The fourth-order valence-corrected chi connectivity index (χ4v) is 2.60. The molecule has 0 aromatic heterocycles. The number of likely N-dealkylation sites (tertiary alicyclic amines) is 1. The highest BCUT2D eigenvalue weighted by Crippen LogP contribution is 2.09. The van der Waals surface area contributed by atoms with E-state index < -0.39 is 0 Å². The zero-order valence-corrected chi connectivity index (χ0v) is 12.1. The average Bonchev–Trinajstić information content (AvgIpc) is 2.95. The van der Waals surface area contributed by atoms with E-state index in [1.807, 2.05) is 17.0 Å². The fourth-order valence-electron chi connectivity index (χ4n) is 2.60. The number of hydrogen-bond acceptors (Lipinski definition) is 2. The molecular weight excluding hydrogens is 255 g/mol. The molecule has 1 aliphatic rings. The Morgan fingerprint density at radius 2 is 1.95 bits per heavy atom. The number of hydrogen-bond donors (Lipinski definition) is 1. The number of carbonyl (C=O) groups excluding carboxylic acids is 1. The Balaban J connectivity index is 1.65. The summed E-state index contributed by atoms with van der Waals surface area (Å²) in [5.74, 6) is 0.0505. The van der Waals surface area contributed by atoms with Crippen LogP contribution in [0.1, 0.15) is 31.7 Å². The molecule has 0 saturated carbocycles. The molecule has 1 fully saturated rings. The summed E-state index contributed by atoms with van der Waals surface area (Å²) in [4.78, 5) is 13.8. The van der Waals surface area contributed by atoms with Crippen molar-refractivity contribution in [3.05, 3.63) is 35.6 Å². The van der Waals surface area contributed by atoms with E-state index in [2.05, 4.69) is 12.2 Å². The van der Waals surface area contributed by atoms with Gasteiger partial charge in [-0.05, 0) is 43.9 Å². The van der Waals surface area contributed by atoms with E-state index in [1.54, 1.807) is 0 Å². The molecule has 4 heteroatoms. The molecule has 1 atom stereocenters. The van der Waals surface area contributed by atoms with Crippen molar-refractivity contribution >= 4 is 5.91 Å². The van der Waals surface area contributed by atoms with Crippen molar-refractivity contribution in [2.75, 3.05) is 19.6 Å². The zero-order chi connectivity index (χ0) is 14.4. The standard InChI is InChI=1S/C16H23FN2O/c1-13(12-14-4-6-15(17)7-5-14)18-9-8-16(20)19-10-2-3-11-19/h4-7,13,18H,2-3,8-12H2,1H3. The molecule has 20 heavy (non-hydrogen) atoms. The maximum Gasteiger partial charge on any atom is 0.223 e. The van der Waals surface area contributed by atoms with Gasteiger partial charge in [0.2, 0.25) is 5.91 Å². The summed E-state index contributed by atoms with van der Waals surface area (Å²) in [5, 5.41) is 3.36. The smallest absolute Gasteiger partial charge is 0.223 e. The van der Waals surface area contributed by atoms with Crippen molar-refractivity contribution in [3.8, 4) is 0 Å². The molecule has 1 heterocycles. The van der Waals surface area contributed by atoms with E-state index in [0.29, 0.717) is 13.0 Å². The van der Waals surface area contributed by atoms with Crippen LogP contribution >= 0.6 is 0 Å². The van der Waals surface area contributed by atoms with Gasteiger partial charge in [0.05, 0.1) is 0 Å². The van der Waals surface area contributed by atoms with Crippen LogP contribution in [0.15, 0.2) is 24.3 Å². The van der Waals surface area contributed by atoms with Crippen LogP contribution in [0.5, 0.6) is 0 Å². The number of halogens is 1. The lowest BCUT2D eigenvalue weighted by molar-refractivity contribution is -0.130. The quantitative estimate of drug-likeness (QED) is 0.866. The summed E-state index contributed by atoms with van der Waals surface area (Å²) >= 11 is 0. The van der Waals surface area contributed by atoms with Gasteiger partial charge in [-0.15, -0.1) is 0 Å². The summed E-state index contributed by atoms with van der Waals surface area (Å²) in [6, 6.07) is 6.87. The van der Waals surface area contributed by atoms with Crippen LogP contribution in [0.3, 0.4) is 0 Å². The van der Waals surface area contributed by atoms with Gasteiger partial charge in [0, 0.05) is 32.1 Å². The van der Waals surface area contributed by atoms with Gasteiger partial charge in [-0.1, -0.05) is 12.1 Å². The van der Waals surface area contributed by atoms with Crippen molar-refractivity contribution in [3.63, 3.8) is 0 Å². The van der Waals surface area contributed by atoms with Gasteiger partial charge in [0.1, 0.15) is 5.82 Å². The van der Waals surface area contributed by atoms with Gasteiger partial charge in [-0.3, -0.25) is 4.79 Å². The molecule has 0 bridgehead atoms. The molecule has 1 N–H and O–H groups in total. The van der Waals surface area contributed by atoms with Gasteiger partial charge >= 0.3 is 0 Å². The van der Waals surface area contributed by atoms with Gasteiger partial charge in [-0.25, -0.2) is 4.39 Å². The third-order valence-corrected chi connectivity index (χ3v) is 3.75. The molecule has 110 valence electrons. The molecule has 1 aliphatic heterocycles. The Kier molecular flexibility index (Phi) is 5.53. The SMILES string of the molecule is CC(Cc1ccc(F)cc1)NCCC(=O)N1CCCC1. The molecule has 3 nitrogen and oxygen atoms in total. The fraction of sp³-hybridized carbons (Fsp3) is 0.562. The predicted molar refractivity (Wildman–Crippen MR) is 78.0 cm³/mol. The van der Waals surface area contributed by atoms with Crippen molar-refractivity contribution < 1.29 is 9.18 Å². The summed E-state index contributed by atoms with van der Waals surface area (Å²) in [7, 11) is 0. The molecule has 1 saturated heterocycles. The Hall–Kier alpha value is -1.42. The number of rotatable bonds is 6. The second-order valence-electron chi connectivity index (χ2n) is 5.52. The Morgan fingerprint density at radius 3 is 2.60 bits per heavy atom. The van der Waals surface area contributed by atoms with Crippen LogP contribution in [0.25, 0.3) is 0 Å². The average molecular weight is 278 g/mol. The van der Waals surface area contributed by atoms with Crippen molar-refractivity contribution in [1.82, 2.24) is 10.2 Å². The largest absolute Gasteiger partial charge is 0.343 e. The first-order valence-corrected chi connectivity index (χ1v) is 7.41. The van der Waals surface area contributed by atoms with Gasteiger partial charge < -0.3 is 10.2 Å². The van der Waals surface area contributed by atoms with Crippen LogP contribution in [-0.4, -0.2) is 36.5 Å². The number of nitrogens with one attached hydrogen (secondary N) is 1. The lowest BCUT2D eigenvalue weighted by Gasteiger charge is -2.17. The van der Waals surface area contributed by atoms with E-state index in [0.717, 1.165) is 37.9 Å². The number of amides is 1. The van der Waals surface area contributed by atoms with E-state index in [4.69, 9.17) is 0 Å². The normalized spacial score (nSPS) is 16.4. The van der Waals surface area contributed by atoms with E-state index in [1.165, 1.54) is 12.1 Å². The Labute approximate surface area is 120 Å². The van der Waals surface area contributed by atoms with Crippen LogP contribution in [0, 0.1) is 5.82 Å². The van der Waals surface area contributed by atoms with E-state index in [-0.39, 0.29) is 17.8 Å². The first-order chi connectivity index (χ1) is 9.65. The summed E-state index contributed by atoms with van der Waals surface area (Å²) in [6.45, 7) is 4.63. The first kappa shape index (κ1) is 15.0. The Bertz CT molecular complexity index is 427. The second kappa shape index (κ2) is 7.39. The van der Waals surface area contributed by atoms with Crippen LogP contribution < -0.4 is 5.32 Å². The zero-order valence-electron chi connectivity index (χ0n) is 12.1. The summed E-state index contributed by atoms with van der Waals surface area (Å²) in [6.07, 6.45) is 3.69. The maximum absolute atomic E-state index is 12.8. The minimum Gasteiger partial charge on any atom is -0.343 e. The van der Waals surface area contributed by atoms with Gasteiger partial charge in [0.25, 0.3) is 0 Å². The molecule has 0 aliphatic carbocycles. The second-order valence-corrected chi connectivity index (χ2v) is 5.52. The van der Waals surface area contributed by atoms with Crippen LogP contribution in [0.2, 0.25) is 0 Å². The molecule has 0 spiro atoms. The minimum absolute atomic E-state index is 0.203. The first-order valence-electron chi connectivity index (χ1n) is 7.41. The highest BCUT2D eigenvalue weighted by Gasteiger charge is 2.17. The van der Waals surface area contributed by atoms with E-state index in [9.17, 15) is 9.18 Å². The molecule has 1 aromatic carbocycles. The Morgan fingerprint density at radius 1 is 1.30 bits per heavy atom. The predicted octanol–water partition coefficient (Wildman–Crippen LogP) is 2.36. The topological polar surface area (TPSA) is 32.3 Å². The third kappa shape index (κ3) is 4.60. The maximum atomic E-state index is 12.8. The van der Waals surface area contributed by atoms with Crippen molar-refractivity contribution in [1.29, 1.82) is 0 Å². The van der Waals surface area contributed by atoms with Crippen molar-refractivity contribution in [2.45, 2.75) is 38.6 Å². The van der Waals surface area contributed by atoms with Gasteiger partial charge in [-0.2, -0.15) is 0 Å². The number of benzene rings is 1. The van der Waals surface area contributed by atoms with Gasteiger partial charge in [0.15, 0.2) is 0 Å². The lowest BCUT2D eigenvalue weighted by atomic mass is 10.1. The molecule has 1 unspecified atom stereocenters. The monoisotopic (exact) mass is 278 g/mol. The summed E-state index contributed by atoms with van der Waals surface area (Å²) in [5.41, 5.74) is 1.11. The highest BCUT2D eigenvalue weighted by molar-refractivity contribution is 5.76. The number of nitrogens with zero attached hydrogens (tertiary/aromatic N) is 1. The lowest BCUT2D eigenvalue weighted by Crippen LogP contribution is -2.34. The van der Waals surface area contributed by atoms with E-state index >= 15 is 0 Å². The van der Waals surface area contributed by atoms with Crippen LogP contribution in [-0.2, 0) is 11.2 Å².